The number of para-hydroxylation sites is 1. The molecule has 1 saturated carbocycles. The van der Waals surface area contributed by atoms with Crippen molar-refractivity contribution in [3.8, 4) is 5.75 Å². The number of aliphatic carboxylic acids is 2. The Morgan fingerprint density at radius 1 is 1.05 bits per heavy atom. The average molecular weight is 523 g/mol. The number of methoxy groups -OCH3 is 1. The minimum absolute atomic E-state index is 0.0327. The van der Waals surface area contributed by atoms with Gasteiger partial charge in [0.15, 0.2) is 0 Å². The summed E-state index contributed by atoms with van der Waals surface area (Å²) in [5.74, 6) is -0.783. The SMILES string of the molecule is CC(=O)O.CC(=O)O.COc1ccccc1CCNC(=O)C[C@H]1CC[C@@H](CNC(=O)C2(N)CCC2)N1C. The van der Waals surface area contributed by atoms with E-state index in [0.717, 1.165) is 63.7 Å². The maximum Gasteiger partial charge on any atom is 0.300 e. The number of likely N-dealkylation sites (N-methyl/N-ethyl adjacent to an activating group) is 1. The first-order valence-corrected chi connectivity index (χ1v) is 12.5. The monoisotopic (exact) mass is 522 g/mol. The molecule has 11 heteroatoms. The lowest BCUT2D eigenvalue weighted by Gasteiger charge is -2.37. The van der Waals surface area contributed by atoms with Gasteiger partial charge in [0, 0.05) is 45.4 Å². The zero-order valence-corrected chi connectivity index (χ0v) is 22.3. The molecular formula is C26H42N4O7. The van der Waals surface area contributed by atoms with Crippen molar-refractivity contribution in [1.29, 1.82) is 0 Å². The van der Waals surface area contributed by atoms with Crippen LogP contribution in [0.4, 0.5) is 0 Å². The molecule has 2 atom stereocenters. The molecule has 0 aromatic heterocycles. The molecular weight excluding hydrogens is 480 g/mol. The van der Waals surface area contributed by atoms with Gasteiger partial charge in [0.2, 0.25) is 11.8 Å². The third-order valence-electron chi connectivity index (χ3n) is 6.51. The lowest BCUT2D eigenvalue weighted by Crippen LogP contribution is -2.59. The molecule has 0 bridgehead atoms. The zero-order valence-electron chi connectivity index (χ0n) is 22.3. The van der Waals surface area contributed by atoms with Crippen LogP contribution in [-0.4, -0.2) is 83.7 Å². The Morgan fingerprint density at radius 2 is 1.62 bits per heavy atom. The number of carbonyl (C=O) groups is 4. The van der Waals surface area contributed by atoms with Gasteiger partial charge in [-0.15, -0.1) is 0 Å². The van der Waals surface area contributed by atoms with E-state index >= 15 is 0 Å². The number of carboxylic acids is 2. The predicted molar refractivity (Wildman–Crippen MR) is 139 cm³/mol. The van der Waals surface area contributed by atoms with Crippen LogP contribution in [0, 0.1) is 0 Å². The second kappa shape index (κ2) is 15.8. The van der Waals surface area contributed by atoms with Crippen molar-refractivity contribution in [2.45, 2.75) is 76.4 Å². The van der Waals surface area contributed by atoms with Gasteiger partial charge >= 0.3 is 0 Å². The number of rotatable bonds is 9. The largest absolute Gasteiger partial charge is 0.496 e. The molecule has 1 aliphatic heterocycles. The summed E-state index contributed by atoms with van der Waals surface area (Å²) in [5.41, 5.74) is 6.52. The van der Waals surface area contributed by atoms with E-state index in [9.17, 15) is 9.59 Å². The highest BCUT2D eigenvalue weighted by molar-refractivity contribution is 5.87. The number of carboxylic acid groups (broad SMARTS) is 2. The van der Waals surface area contributed by atoms with Gasteiger partial charge in [-0.25, -0.2) is 0 Å². The fraction of sp³-hybridized carbons (Fsp3) is 0.615. The van der Waals surface area contributed by atoms with Crippen molar-refractivity contribution in [3.63, 3.8) is 0 Å². The Balaban J connectivity index is 0.000000751. The highest BCUT2D eigenvalue weighted by Crippen LogP contribution is 2.29. The summed E-state index contributed by atoms with van der Waals surface area (Å²) in [6.45, 7) is 3.36. The van der Waals surface area contributed by atoms with E-state index in [2.05, 4.69) is 15.5 Å². The zero-order chi connectivity index (χ0) is 28.0. The van der Waals surface area contributed by atoms with Crippen LogP contribution >= 0.6 is 0 Å². The maximum atomic E-state index is 12.4. The number of nitrogens with zero attached hydrogens (tertiary/aromatic N) is 1. The van der Waals surface area contributed by atoms with E-state index in [1.165, 1.54) is 0 Å². The average Bonchev–Trinajstić information content (AvgIpc) is 3.14. The second-order valence-corrected chi connectivity index (χ2v) is 9.42. The lowest BCUT2D eigenvalue weighted by molar-refractivity contribution is -0.135. The Hall–Kier alpha value is -3.18. The highest BCUT2D eigenvalue weighted by atomic mass is 16.5. The summed E-state index contributed by atoms with van der Waals surface area (Å²) in [4.78, 5) is 44.8. The van der Waals surface area contributed by atoms with Gasteiger partial charge in [-0.1, -0.05) is 18.2 Å². The van der Waals surface area contributed by atoms with Crippen LogP contribution in [0.2, 0.25) is 0 Å². The first-order chi connectivity index (χ1) is 17.4. The molecule has 0 radical (unpaired) electrons. The fourth-order valence-corrected chi connectivity index (χ4v) is 4.29. The summed E-state index contributed by atoms with van der Waals surface area (Å²) in [6.07, 6.45) is 5.74. The number of amides is 2. The molecule has 0 unspecified atom stereocenters. The summed E-state index contributed by atoms with van der Waals surface area (Å²) >= 11 is 0. The van der Waals surface area contributed by atoms with E-state index < -0.39 is 17.5 Å². The number of carbonyl (C=O) groups excluding carboxylic acids is 2. The minimum Gasteiger partial charge on any atom is -0.496 e. The minimum atomic E-state index is -0.833. The number of ether oxygens (including phenoxy) is 1. The molecule has 0 spiro atoms. The topological polar surface area (TPSA) is 171 Å². The van der Waals surface area contributed by atoms with Gasteiger partial charge in [-0.2, -0.15) is 0 Å². The number of benzene rings is 1. The maximum absolute atomic E-state index is 12.4. The van der Waals surface area contributed by atoms with Crippen LogP contribution in [0.5, 0.6) is 5.75 Å². The summed E-state index contributed by atoms with van der Waals surface area (Å²) in [7, 11) is 3.70. The van der Waals surface area contributed by atoms with Crippen LogP contribution in [0.25, 0.3) is 0 Å². The third kappa shape index (κ3) is 11.6. The quantitative estimate of drug-likeness (QED) is 0.321. The number of hydrogen-bond acceptors (Lipinski definition) is 7. The molecule has 2 fully saturated rings. The van der Waals surface area contributed by atoms with Crippen molar-refractivity contribution in [2.75, 3.05) is 27.2 Å². The van der Waals surface area contributed by atoms with E-state index in [1.54, 1.807) is 7.11 Å². The molecule has 1 aromatic rings. The molecule has 2 amide bonds. The molecule has 1 heterocycles. The molecule has 2 aliphatic rings. The number of nitrogens with one attached hydrogen (secondary N) is 2. The van der Waals surface area contributed by atoms with Crippen LogP contribution in [0.1, 0.15) is 57.9 Å². The third-order valence-corrected chi connectivity index (χ3v) is 6.51. The van der Waals surface area contributed by atoms with Crippen molar-refractivity contribution in [1.82, 2.24) is 15.5 Å². The lowest BCUT2D eigenvalue weighted by atomic mass is 9.77. The van der Waals surface area contributed by atoms with E-state index in [1.807, 2.05) is 31.3 Å². The van der Waals surface area contributed by atoms with Gasteiger partial charge in [0.05, 0.1) is 12.6 Å². The summed E-state index contributed by atoms with van der Waals surface area (Å²) in [5, 5.41) is 20.9. The predicted octanol–water partition coefficient (Wildman–Crippen LogP) is 1.39. The molecule has 1 aliphatic carbocycles. The molecule has 37 heavy (non-hydrogen) atoms. The smallest absolute Gasteiger partial charge is 0.300 e. The second-order valence-electron chi connectivity index (χ2n) is 9.42. The van der Waals surface area contributed by atoms with E-state index in [4.69, 9.17) is 30.3 Å². The first kappa shape index (κ1) is 31.8. The Kier molecular flexibility index (Phi) is 13.6. The number of nitrogens with two attached hydrogens (primary N) is 1. The van der Waals surface area contributed by atoms with Crippen molar-refractivity contribution < 1.29 is 34.1 Å². The Labute approximate surface area is 218 Å². The first-order valence-electron chi connectivity index (χ1n) is 12.5. The number of hydrogen-bond donors (Lipinski definition) is 5. The van der Waals surface area contributed by atoms with Crippen molar-refractivity contribution >= 4 is 23.8 Å². The highest BCUT2D eigenvalue weighted by Gasteiger charge is 2.40. The fourth-order valence-electron chi connectivity index (χ4n) is 4.29. The van der Waals surface area contributed by atoms with Gasteiger partial charge in [0.1, 0.15) is 5.75 Å². The van der Waals surface area contributed by atoms with E-state index in [0.29, 0.717) is 19.5 Å². The van der Waals surface area contributed by atoms with Crippen LogP contribution in [-0.2, 0) is 25.6 Å². The molecule has 6 N–H and O–H groups in total. The molecule has 11 nitrogen and oxygen atoms in total. The molecule has 1 saturated heterocycles. The summed E-state index contributed by atoms with van der Waals surface area (Å²) in [6, 6.07) is 8.33. The van der Waals surface area contributed by atoms with Crippen LogP contribution in [0.15, 0.2) is 24.3 Å². The van der Waals surface area contributed by atoms with Gasteiger partial charge in [-0.05, 0) is 57.2 Å². The number of likely N-dealkylation sites (tertiary alicyclic amines) is 1. The van der Waals surface area contributed by atoms with Crippen molar-refractivity contribution in [3.05, 3.63) is 29.8 Å². The molecule has 208 valence electrons. The summed E-state index contributed by atoms with van der Waals surface area (Å²) < 4.78 is 5.35. The standard InChI is InChI=1S/C22H34N4O3.2C2H4O2/c1-26-17(8-9-18(26)15-25-21(28)22(23)11-5-12-22)14-20(27)24-13-10-16-6-3-4-7-19(16)29-2;2*1-2(3)4/h3-4,6-7,17-18H,5,8-15,23H2,1-2H3,(H,24,27)(H,25,28);2*1H3,(H,3,4)/t17-,18+;;/m1../s1. The Bertz CT molecular complexity index is 885. The van der Waals surface area contributed by atoms with Crippen molar-refractivity contribution in [2.24, 2.45) is 5.73 Å². The van der Waals surface area contributed by atoms with Crippen LogP contribution < -0.4 is 21.1 Å². The van der Waals surface area contributed by atoms with Gasteiger partial charge in [0.25, 0.3) is 11.9 Å². The normalized spacial score (nSPS) is 19.6. The van der Waals surface area contributed by atoms with Gasteiger partial charge in [-0.3, -0.25) is 24.1 Å². The Morgan fingerprint density at radius 3 is 2.16 bits per heavy atom. The van der Waals surface area contributed by atoms with E-state index in [-0.39, 0.29) is 23.9 Å². The van der Waals surface area contributed by atoms with Gasteiger partial charge < -0.3 is 31.3 Å². The molecule has 3 rings (SSSR count). The molecule has 1 aromatic carbocycles. The van der Waals surface area contributed by atoms with Crippen LogP contribution in [0.3, 0.4) is 0 Å².